The van der Waals surface area contributed by atoms with E-state index in [2.05, 4.69) is 6.92 Å². The summed E-state index contributed by atoms with van der Waals surface area (Å²) in [5.41, 5.74) is 0.510. The van der Waals surface area contributed by atoms with Crippen molar-refractivity contribution in [1.29, 1.82) is 0 Å². The Bertz CT molecular complexity index is 567. The molecule has 24 heavy (non-hydrogen) atoms. The molecule has 0 aromatic heterocycles. The van der Waals surface area contributed by atoms with E-state index >= 15 is 0 Å². The average molecular weight is 332 g/mol. The molecule has 0 spiro atoms. The molecule has 0 atom stereocenters. The first kappa shape index (κ1) is 17.4. The highest BCUT2D eigenvalue weighted by atomic mass is 19.1. The van der Waals surface area contributed by atoms with E-state index in [1.165, 1.54) is 37.8 Å². The summed E-state index contributed by atoms with van der Waals surface area (Å²) in [7, 11) is 0. The zero-order valence-corrected chi connectivity index (χ0v) is 14.9. The van der Waals surface area contributed by atoms with Crippen molar-refractivity contribution in [3.05, 3.63) is 29.6 Å². The minimum absolute atomic E-state index is 0.00845. The molecule has 1 aromatic rings. The summed E-state index contributed by atoms with van der Waals surface area (Å²) in [5.74, 6) is 2.63. The fraction of sp³-hybridized carbons (Fsp3) is 0.667. The van der Waals surface area contributed by atoms with E-state index in [1.807, 2.05) is 0 Å². The van der Waals surface area contributed by atoms with E-state index in [0.29, 0.717) is 11.3 Å². The van der Waals surface area contributed by atoms with Crippen LogP contribution in [0.1, 0.15) is 63.9 Å². The van der Waals surface area contributed by atoms with Crippen molar-refractivity contribution >= 4 is 5.97 Å². The SMILES string of the molecule is Cc1cc(OC(=O)C2CCC(C3CCC(C)CC3)CC2)ccc1F. The number of carbonyl (C=O) groups is 1. The Morgan fingerprint density at radius 3 is 2.17 bits per heavy atom. The van der Waals surface area contributed by atoms with Crippen LogP contribution in [-0.4, -0.2) is 5.97 Å². The van der Waals surface area contributed by atoms with Crippen LogP contribution in [0, 0.1) is 36.4 Å². The van der Waals surface area contributed by atoms with Gasteiger partial charge in [0.15, 0.2) is 0 Å². The molecule has 0 saturated heterocycles. The molecular formula is C21H29FO2. The Hall–Kier alpha value is -1.38. The van der Waals surface area contributed by atoms with Gasteiger partial charge in [-0.25, -0.2) is 4.39 Å². The average Bonchev–Trinajstić information content (AvgIpc) is 2.59. The number of rotatable bonds is 3. The van der Waals surface area contributed by atoms with Gasteiger partial charge in [-0.15, -0.1) is 0 Å². The molecule has 3 heteroatoms. The molecule has 2 aliphatic carbocycles. The zero-order valence-electron chi connectivity index (χ0n) is 14.9. The van der Waals surface area contributed by atoms with E-state index in [9.17, 15) is 9.18 Å². The summed E-state index contributed by atoms with van der Waals surface area (Å²) in [5, 5.41) is 0. The van der Waals surface area contributed by atoms with Crippen molar-refractivity contribution in [2.45, 2.75) is 65.2 Å². The molecule has 0 amide bonds. The number of hydrogen-bond donors (Lipinski definition) is 0. The van der Waals surface area contributed by atoms with Gasteiger partial charge in [-0.1, -0.05) is 19.8 Å². The fourth-order valence-electron chi connectivity index (χ4n) is 4.46. The second-order valence-electron chi connectivity index (χ2n) is 7.96. The summed E-state index contributed by atoms with van der Waals surface area (Å²) >= 11 is 0. The maximum absolute atomic E-state index is 13.3. The van der Waals surface area contributed by atoms with Gasteiger partial charge in [0.1, 0.15) is 11.6 Å². The van der Waals surface area contributed by atoms with Gasteiger partial charge in [0.05, 0.1) is 5.92 Å². The Labute approximate surface area is 144 Å². The van der Waals surface area contributed by atoms with Gasteiger partial charge in [-0.05, 0) is 87.0 Å². The molecule has 0 aliphatic heterocycles. The second-order valence-corrected chi connectivity index (χ2v) is 7.96. The molecule has 0 bridgehead atoms. The van der Waals surface area contributed by atoms with Crippen LogP contribution < -0.4 is 4.74 Å². The van der Waals surface area contributed by atoms with Gasteiger partial charge >= 0.3 is 5.97 Å². The molecule has 0 N–H and O–H groups in total. The number of aryl methyl sites for hydroxylation is 1. The first-order valence-corrected chi connectivity index (χ1v) is 9.50. The topological polar surface area (TPSA) is 26.3 Å². The van der Waals surface area contributed by atoms with E-state index in [4.69, 9.17) is 4.74 Å². The highest BCUT2D eigenvalue weighted by molar-refractivity contribution is 5.75. The summed E-state index contributed by atoms with van der Waals surface area (Å²) in [4.78, 5) is 12.4. The maximum Gasteiger partial charge on any atom is 0.314 e. The lowest BCUT2D eigenvalue weighted by molar-refractivity contribution is -0.140. The smallest absolute Gasteiger partial charge is 0.314 e. The molecule has 132 valence electrons. The number of hydrogen-bond acceptors (Lipinski definition) is 2. The van der Waals surface area contributed by atoms with Crippen LogP contribution in [-0.2, 0) is 4.79 Å². The molecule has 0 radical (unpaired) electrons. The van der Waals surface area contributed by atoms with Gasteiger partial charge in [-0.3, -0.25) is 4.79 Å². The number of ether oxygens (including phenoxy) is 1. The van der Waals surface area contributed by atoms with Crippen molar-refractivity contribution in [2.75, 3.05) is 0 Å². The largest absolute Gasteiger partial charge is 0.426 e. The Morgan fingerprint density at radius 2 is 1.58 bits per heavy atom. The normalized spacial score (nSPS) is 30.8. The van der Waals surface area contributed by atoms with Crippen LogP contribution in [0.25, 0.3) is 0 Å². The first-order chi connectivity index (χ1) is 11.5. The lowest BCUT2D eigenvalue weighted by Crippen LogP contribution is -2.29. The third-order valence-electron chi connectivity index (χ3n) is 6.18. The van der Waals surface area contributed by atoms with E-state index in [1.54, 1.807) is 13.0 Å². The van der Waals surface area contributed by atoms with Crippen molar-refractivity contribution in [3.63, 3.8) is 0 Å². The van der Waals surface area contributed by atoms with Crippen LogP contribution in [0.4, 0.5) is 4.39 Å². The summed E-state index contributed by atoms with van der Waals surface area (Å²) in [6.45, 7) is 4.04. The quantitative estimate of drug-likeness (QED) is 0.526. The van der Waals surface area contributed by atoms with Crippen molar-refractivity contribution in [2.24, 2.45) is 23.7 Å². The summed E-state index contributed by atoms with van der Waals surface area (Å²) in [6.07, 6.45) is 9.67. The maximum atomic E-state index is 13.3. The van der Waals surface area contributed by atoms with E-state index in [-0.39, 0.29) is 17.7 Å². The van der Waals surface area contributed by atoms with Gasteiger partial charge in [0.25, 0.3) is 0 Å². The first-order valence-electron chi connectivity index (χ1n) is 9.50. The second kappa shape index (κ2) is 7.67. The van der Waals surface area contributed by atoms with Crippen molar-refractivity contribution < 1.29 is 13.9 Å². The van der Waals surface area contributed by atoms with Gasteiger partial charge < -0.3 is 4.74 Å². The highest BCUT2D eigenvalue weighted by Crippen LogP contribution is 2.41. The Kier molecular flexibility index (Phi) is 5.57. The molecule has 2 aliphatic rings. The van der Waals surface area contributed by atoms with Gasteiger partial charge in [0.2, 0.25) is 0 Å². The number of halogens is 1. The third kappa shape index (κ3) is 4.17. The zero-order chi connectivity index (χ0) is 17.1. The van der Waals surface area contributed by atoms with Crippen LogP contribution in [0.5, 0.6) is 5.75 Å². The molecule has 0 heterocycles. The summed E-state index contributed by atoms with van der Waals surface area (Å²) < 4.78 is 18.8. The minimum Gasteiger partial charge on any atom is -0.426 e. The van der Waals surface area contributed by atoms with Crippen LogP contribution in [0.2, 0.25) is 0 Å². The third-order valence-corrected chi connectivity index (χ3v) is 6.18. The lowest BCUT2D eigenvalue weighted by Gasteiger charge is -2.36. The van der Waals surface area contributed by atoms with E-state index < -0.39 is 0 Å². The van der Waals surface area contributed by atoms with Crippen molar-refractivity contribution in [3.8, 4) is 5.75 Å². The number of esters is 1. The van der Waals surface area contributed by atoms with Crippen LogP contribution >= 0.6 is 0 Å². The Balaban J connectivity index is 1.49. The van der Waals surface area contributed by atoms with Gasteiger partial charge in [0, 0.05) is 0 Å². The molecule has 0 unspecified atom stereocenters. The summed E-state index contributed by atoms with van der Waals surface area (Å²) in [6, 6.07) is 4.50. The number of carbonyl (C=O) groups excluding carboxylic acids is 1. The van der Waals surface area contributed by atoms with E-state index in [0.717, 1.165) is 43.4 Å². The fourth-order valence-corrected chi connectivity index (χ4v) is 4.46. The van der Waals surface area contributed by atoms with Gasteiger partial charge in [-0.2, -0.15) is 0 Å². The molecule has 2 nitrogen and oxygen atoms in total. The molecular weight excluding hydrogens is 303 g/mol. The van der Waals surface area contributed by atoms with Crippen molar-refractivity contribution in [1.82, 2.24) is 0 Å². The standard InChI is InChI=1S/C21H29FO2/c1-14-3-5-16(6-4-14)17-7-9-18(10-8-17)21(23)24-19-11-12-20(22)15(2)13-19/h11-14,16-18H,3-10H2,1-2H3. The number of benzene rings is 1. The highest BCUT2D eigenvalue weighted by Gasteiger charge is 2.33. The molecule has 1 aromatic carbocycles. The van der Waals surface area contributed by atoms with Crippen LogP contribution in [0.15, 0.2) is 18.2 Å². The van der Waals surface area contributed by atoms with Crippen LogP contribution in [0.3, 0.4) is 0 Å². The predicted octanol–water partition coefficient (Wildman–Crippen LogP) is 5.67. The molecule has 3 rings (SSSR count). The predicted molar refractivity (Wildman–Crippen MR) is 93.3 cm³/mol. The monoisotopic (exact) mass is 332 g/mol. The molecule has 2 saturated carbocycles. The lowest BCUT2D eigenvalue weighted by atomic mass is 9.69. The molecule has 2 fully saturated rings. The Morgan fingerprint density at radius 1 is 1.00 bits per heavy atom. The minimum atomic E-state index is -0.267.